The van der Waals surface area contributed by atoms with E-state index in [0.717, 1.165) is 23.9 Å². The van der Waals surface area contributed by atoms with Crippen molar-refractivity contribution in [1.82, 2.24) is 5.32 Å². The Bertz CT molecular complexity index is 619. The molecule has 0 atom stereocenters. The molecule has 1 heterocycles. The number of nitrogens with one attached hydrogen (secondary N) is 1. The van der Waals surface area contributed by atoms with E-state index < -0.39 is 0 Å². The smallest absolute Gasteiger partial charge is 0.105 e. The maximum Gasteiger partial charge on any atom is 0.105 e. The third-order valence-corrected chi connectivity index (χ3v) is 4.38. The van der Waals surface area contributed by atoms with Gasteiger partial charge in [0.1, 0.15) is 5.76 Å². The molecular formula is C17H21ClN2O. The van der Waals surface area contributed by atoms with Crippen molar-refractivity contribution in [1.29, 1.82) is 0 Å². The fraction of sp³-hybridized carbons (Fsp3) is 0.412. The van der Waals surface area contributed by atoms with Crippen molar-refractivity contribution < 1.29 is 4.42 Å². The van der Waals surface area contributed by atoms with Crippen LogP contribution in [0.3, 0.4) is 0 Å². The van der Waals surface area contributed by atoms with E-state index in [2.05, 4.69) is 23.3 Å². The minimum atomic E-state index is 0.676. The monoisotopic (exact) mass is 304 g/mol. The molecule has 1 saturated carbocycles. The van der Waals surface area contributed by atoms with Crippen molar-refractivity contribution in [2.45, 2.75) is 38.9 Å². The number of furan rings is 1. The van der Waals surface area contributed by atoms with Crippen LogP contribution >= 0.6 is 11.6 Å². The maximum absolute atomic E-state index is 6.41. The summed E-state index contributed by atoms with van der Waals surface area (Å²) >= 11 is 6.41. The van der Waals surface area contributed by atoms with Crippen molar-refractivity contribution >= 4 is 17.3 Å². The highest BCUT2D eigenvalue weighted by Gasteiger charge is 2.21. The van der Waals surface area contributed by atoms with Gasteiger partial charge < -0.3 is 14.6 Å². The zero-order valence-corrected chi connectivity index (χ0v) is 13.3. The fourth-order valence-electron chi connectivity index (χ4n) is 2.53. The molecule has 4 heteroatoms. The maximum atomic E-state index is 6.41. The molecule has 1 fully saturated rings. The summed E-state index contributed by atoms with van der Waals surface area (Å²) in [7, 11) is 2.10. The predicted octanol–water partition coefficient (Wildman–Crippen LogP) is 4.13. The highest BCUT2D eigenvalue weighted by Crippen LogP contribution is 2.29. The molecule has 1 aliphatic carbocycles. The number of nitrogens with zero attached hydrogens (tertiary/aromatic N) is 1. The molecule has 0 unspecified atom stereocenters. The van der Waals surface area contributed by atoms with Gasteiger partial charge in [0.25, 0.3) is 0 Å². The summed E-state index contributed by atoms with van der Waals surface area (Å²) < 4.78 is 5.38. The second-order valence-corrected chi connectivity index (χ2v) is 6.16. The Labute approximate surface area is 130 Å². The zero-order valence-electron chi connectivity index (χ0n) is 12.5. The Hall–Kier alpha value is -1.45. The standard InChI is InChI=1S/C17H21ClN2O/c1-12-13(8-9-21-12)11-20(2)17-5-3-4-16(18)15(17)10-19-14-6-7-14/h3-5,8-9,14,19H,6-7,10-11H2,1-2H3. The summed E-state index contributed by atoms with van der Waals surface area (Å²) in [5.41, 5.74) is 3.56. The van der Waals surface area contributed by atoms with Gasteiger partial charge in [0.2, 0.25) is 0 Å². The molecule has 0 amide bonds. The predicted molar refractivity (Wildman–Crippen MR) is 86.9 cm³/mol. The van der Waals surface area contributed by atoms with Crippen LogP contribution in [-0.4, -0.2) is 13.1 Å². The molecule has 2 aromatic rings. The number of benzene rings is 1. The summed E-state index contributed by atoms with van der Waals surface area (Å²) in [6.45, 7) is 3.64. The lowest BCUT2D eigenvalue weighted by atomic mass is 10.1. The number of halogens is 1. The first-order valence-electron chi connectivity index (χ1n) is 7.40. The van der Waals surface area contributed by atoms with Crippen LogP contribution in [0.4, 0.5) is 5.69 Å². The minimum absolute atomic E-state index is 0.676. The number of hydrogen-bond acceptors (Lipinski definition) is 3. The van der Waals surface area contributed by atoms with Crippen molar-refractivity contribution in [2.24, 2.45) is 0 Å². The van der Waals surface area contributed by atoms with Crippen molar-refractivity contribution in [2.75, 3.05) is 11.9 Å². The van der Waals surface area contributed by atoms with Crippen molar-refractivity contribution in [3.8, 4) is 0 Å². The number of anilines is 1. The zero-order chi connectivity index (χ0) is 14.8. The van der Waals surface area contributed by atoms with Crippen LogP contribution in [0, 0.1) is 6.92 Å². The Kier molecular flexibility index (Phi) is 4.22. The molecule has 112 valence electrons. The van der Waals surface area contributed by atoms with Gasteiger partial charge in [-0.1, -0.05) is 17.7 Å². The molecule has 21 heavy (non-hydrogen) atoms. The normalized spacial score (nSPS) is 14.4. The van der Waals surface area contributed by atoms with E-state index in [1.807, 2.05) is 25.1 Å². The van der Waals surface area contributed by atoms with E-state index in [4.69, 9.17) is 16.0 Å². The topological polar surface area (TPSA) is 28.4 Å². The van der Waals surface area contributed by atoms with Crippen LogP contribution in [0.15, 0.2) is 34.9 Å². The van der Waals surface area contributed by atoms with E-state index in [1.165, 1.54) is 29.7 Å². The average Bonchev–Trinajstić information content (AvgIpc) is 3.21. The van der Waals surface area contributed by atoms with Crippen LogP contribution < -0.4 is 10.2 Å². The van der Waals surface area contributed by atoms with Crippen LogP contribution in [0.2, 0.25) is 5.02 Å². The third kappa shape index (κ3) is 3.42. The van der Waals surface area contributed by atoms with E-state index in [1.54, 1.807) is 6.26 Å². The summed E-state index contributed by atoms with van der Waals surface area (Å²) in [5, 5.41) is 4.38. The van der Waals surface area contributed by atoms with Gasteiger partial charge in [0.15, 0.2) is 0 Å². The van der Waals surface area contributed by atoms with Crippen LogP contribution in [-0.2, 0) is 13.1 Å². The quantitative estimate of drug-likeness (QED) is 0.870. The highest BCUT2D eigenvalue weighted by atomic mass is 35.5. The van der Waals surface area contributed by atoms with Crippen LogP contribution in [0.1, 0.15) is 29.7 Å². The molecule has 0 saturated heterocycles. The van der Waals surface area contributed by atoms with Gasteiger partial charge in [0, 0.05) is 48.0 Å². The highest BCUT2D eigenvalue weighted by molar-refractivity contribution is 6.31. The molecule has 1 aliphatic rings. The Morgan fingerprint density at radius 1 is 1.33 bits per heavy atom. The molecule has 1 aromatic heterocycles. The van der Waals surface area contributed by atoms with Gasteiger partial charge in [0.05, 0.1) is 6.26 Å². The fourth-order valence-corrected chi connectivity index (χ4v) is 2.77. The van der Waals surface area contributed by atoms with Gasteiger partial charge in [-0.2, -0.15) is 0 Å². The number of hydrogen-bond donors (Lipinski definition) is 1. The molecule has 1 N–H and O–H groups in total. The van der Waals surface area contributed by atoms with Gasteiger partial charge in [-0.05, 0) is 38.0 Å². The van der Waals surface area contributed by atoms with Crippen LogP contribution in [0.25, 0.3) is 0 Å². The van der Waals surface area contributed by atoms with E-state index in [9.17, 15) is 0 Å². The molecule has 3 rings (SSSR count). The Morgan fingerprint density at radius 3 is 2.81 bits per heavy atom. The van der Waals surface area contributed by atoms with Crippen molar-refractivity contribution in [3.63, 3.8) is 0 Å². The van der Waals surface area contributed by atoms with Gasteiger partial charge >= 0.3 is 0 Å². The number of aryl methyl sites for hydroxylation is 1. The largest absolute Gasteiger partial charge is 0.469 e. The summed E-state index contributed by atoms with van der Waals surface area (Å²) in [6, 6.07) is 8.81. The van der Waals surface area contributed by atoms with Gasteiger partial charge in [-0.3, -0.25) is 0 Å². The Balaban J connectivity index is 1.79. The lowest BCUT2D eigenvalue weighted by Gasteiger charge is -2.23. The molecule has 3 nitrogen and oxygen atoms in total. The SMILES string of the molecule is Cc1occc1CN(C)c1cccc(Cl)c1CNC1CC1. The number of rotatable bonds is 6. The van der Waals surface area contributed by atoms with Gasteiger partial charge in [-0.25, -0.2) is 0 Å². The van der Waals surface area contributed by atoms with Crippen LogP contribution in [0.5, 0.6) is 0 Å². The molecule has 0 radical (unpaired) electrons. The second kappa shape index (κ2) is 6.12. The first-order chi connectivity index (χ1) is 10.1. The summed E-state index contributed by atoms with van der Waals surface area (Å²) in [4.78, 5) is 2.23. The lowest BCUT2D eigenvalue weighted by molar-refractivity contribution is 0.529. The molecule has 0 bridgehead atoms. The first kappa shape index (κ1) is 14.5. The van der Waals surface area contributed by atoms with Crippen molar-refractivity contribution in [3.05, 3.63) is 52.4 Å². The Morgan fingerprint density at radius 2 is 2.14 bits per heavy atom. The van der Waals surface area contributed by atoms with Gasteiger partial charge in [-0.15, -0.1) is 0 Å². The summed E-state index contributed by atoms with van der Waals surface area (Å²) in [6.07, 6.45) is 4.31. The average molecular weight is 305 g/mol. The second-order valence-electron chi connectivity index (χ2n) is 5.75. The first-order valence-corrected chi connectivity index (χ1v) is 7.78. The molecule has 1 aromatic carbocycles. The molecular weight excluding hydrogens is 284 g/mol. The lowest BCUT2D eigenvalue weighted by Crippen LogP contribution is -2.22. The third-order valence-electron chi connectivity index (χ3n) is 4.02. The van der Waals surface area contributed by atoms with E-state index >= 15 is 0 Å². The van der Waals surface area contributed by atoms with E-state index in [0.29, 0.717) is 6.04 Å². The summed E-state index contributed by atoms with van der Waals surface area (Å²) in [5.74, 6) is 0.974. The molecule has 0 aliphatic heterocycles. The minimum Gasteiger partial charge on any atom is -0.469 e. The van der Waals surface area contributed by atoms with E-state index in [-0.39, 0.29) is 0 Å². The molecule has 0 spiro atoms.